The third-order valence-corrected chi connectivity index (χ3v) is 2.04. The van der Waals surface area contributed by atoms with Gasteiger partial charge >= 0.3 is 0 Å². The van der Waals surface area contributed by atoms with Crippen LogP contribution in [0, 0.1) is 0 Å². The van der Waals surface area contributed by atoms with E-state index in [1.807, 2.05) is 6.07 Å². The molecule has 0 atom stereocenters. The summed E-state index contributed by atoms with van der Waals surface area (Å²) in [4.78, 5) is 20.3. The van der Waals surface area contributed by atoms with Crippen LogP contribution in [0.2, 0.25) is 0 Å². The molecular formula is C11H13NO4. The molecule has 0 bridgehead atoms. The first-order chi connectivity index (χ1) is 7.81. The van der Waals surface area contributed by atoms with Crippen LogP contribution in [-0.2, 0) is 16.0 Å². The summed E-state index contributed by atoms with van der Waals surface area (Å²) in [7, 11) is 1.50. The standard InChI is InChI=1S/C11H13NO4/c1-15-11-6-9(4-5-12-7-13)2-3-10(11)16-8-14/h2-3,6-8H,4-5H2,1H3,(H,12,13). The Kier molecular flexibility index (Phi) is 4.85. The van der Waals surface area contributed by atoms with Gasteiger partial charge in [-0.1, -0.05) is 6.07 Å². The Morgan fingerprint density at radius 3 is 2.75 bits per heavy atom. The van der Waals surface area contributed by atoms with E-state index >= 15 is 0 Å². The summed E-state index contributed by atoms with van der Waals surface area (Å²) in [5, 5.41) is 2.57. The van der Waals surface area contributed by atoms with Crippen molar-refractivity contribution in [3.05, 3.63) is 23.8 Å². The first kappa shape index (κ1) is 12.0. The zero-order chi connectivity index (χ0) is 11.8. The van der Waals surface area contributed by atoms with Crippen molar-refractivity contribution in [3.63, 3.8) is 0 Å². The molecule has 1 rings (SSSR count). The van der Waals surface area contributed by atoms with E-state index in [1.54, 1.807) is 12.1 Å². The summed E-state index contributed by atoms with van der Waals surface area (Å²) in [6.07, 6.45) is 1.34. The van der Waals surface area contributed by atoms with Gasteiger partial charge in [0.2, 0.25) is 6.41 Å². The number of ether oxygens (including phenoxy) is 2. The molecular weight excluding hydrogens is 210 g/mol. The smallest absolute Gasteiger partial charge is 0.298 e. The molecule has 1 aromatic carbocycles. The zero-order valence-corrected chi connectivity index (χ0v) is 8.93. The van der Waals surface area contributed by atoms with Crippen LogP contribution in [0.5, 0.6) is 11.5 Å². The average Bonchev–Trinajstić information content (AvgIpc) is 2.31. The number of benzene rings is 1. The molecule has 0 fully saturated rings. The second kappa shape index (κ2) is 6.44. The zero-order valence-electron chi connectivity index (χ0n) is 8.93. The monoisotopic (exact) mass is 223 g/mol. The van der Waals surface area contributed by atoms with E-state index in [0.717, 1.165) is 5.56 Å². The first-order valence-corrected chi connectivity index (χ1v) is 4.76. The number of methoxy groups -OCH3 is 1. The van der Waals surface area contributed by atoms with Gasteiger partial charge in [0.25, 0.3) is 6.47 Å². The Bertz CT molecular complexity index is 365. The number of amides is 1. The Labute approximate surface area is 93.4 Å². The van der Waals surface area contributed by atoms with Crippen LogP contribution in [0.4, 0.5) is 0 Å². The van der Waals surface area contributed by atoms with Gasteiger partial charge in [-0.05, 0) is 24.1 Å². The van der Waals surface area contributed by atoms with Crippen LogP contribution in [0.15, 0.2) is 18.2 Å². The van der Waals surface area contributed by atoms with Crippen molar-refractivity contribution in [2.75, 3.05) is 13.7 Å². The second-order valence-electron chi connectivity index (χ2n) is 3.02. The molecule has 86 valence electrons. The van der Waals surface area contributed by atoms with Crippen molar-refractivity contribution >= 4 is 12.9 Å². The Morgan fingerprint density at radius 2 is 2.12 bits per heavy atom. The lowest BCUT2D eigenvalue weighted by molar-refractivity contribution is -0.120. The van der Waals surface area contributed by atoms with Gasteiger partial charge in [-0.3, -0.25) is 9.59 Å². The topological polar surface area (TPSA) is 64.6 Å². The van der Waals surface area contributed by atoms with Crippen LogP contribution < -0.4 is 14.8 Å². The van der Waals surface area contributed by atoms with Gasteiger partial charge in [0.15, 0.2) is 11.5 Å². The fourth-order valence-corrected chi connectivity index (χ4v) is 1.29. The number of nitrogens with one attached hydrogen (secondary N) is 1. The number of hydrogen-bond donors (Lipinski definition) is 1. The third kappa shape index (κ3) is 3.27. The highest BCUT2D eigenvalue weighted by atomic mass is 16.5. The molecule has 0 aliphatic carbocycles. The number of carbonyl (C=O) groups excluding carboxylic acids is 2. The van der Waals surface area contributed by atoms with Gasteiger partial charge < -0.3 is 14.8 Å². The Morgan fingerprint density at radius 1 is 1.31 bits per heavy atom. The van der Waals surface area contributed by atoms with Crippen molar-refractivity contribution in [2.24, 2.45) is 0 Å². The lowest BCUT2D eigenvalue weighted by atomic mass is 10.1. The molecule has 0 aliphatic heterocycles. The van der Waals surface area contributed by atoms with E-state index in [4.69, 9.17) is 9.47 Å². The third-order valence-electron chi connectivity index (χ3n) is 2.04. The van der Waals surface area contributed by atoms with E-state index in [0.29, 0.717) is 37.3 Å². The van der Waals surface area contributed by atoms with Gasteiger partial charge in [0, 0.05) is 6.54 Å². The molecule has 0 saturated carbocycles. The van der Waals surface area contributed by atoms with Gasteiger partial charge in [-0.2, -0.15) is 0 Å². The van der Waals surface area contributed by atoms with E-state index in [1.165, 1.54) is 7.11 Å². The molecule has 0 aliphatic rings. The summed E-state index contributed by atoms with van der Waals surface area (Å²) < 4.78 is 9.80. The first-order valence-electron chi connectivity index (χ1n) is 4.76. The van der Waals surface area contributed by atoms with Crippen molar-refractivity contribution < 1.29 is 19.1 Å². The van der Waals surface area contributed by atoms with Gasteiger partial charge in [-0.25, -0.2) is 0 Å². The Hall–Kier alpha value is -2.04. The maximum absolute atomic E-state index is 10.2. The van der Waals surface area contributed by atoms with Crippen LogP contribution in [0.1, 0.15) is 5.56 Å². The molecule has 1 amide bonds. The normalized spacial score (nSPS) is 9.31. The highest BCUT2D eigenvalue weighted by molar-refractivity contribution is 5.52. The minimum atomic E-state index is 0.353. The molecule has 5 nitrogen and oxygen atoms in total. The molecule has 0 unspecified atom stereocenters. The average molecular weight is 223 g/mol. The van der Waals surface area contributed by atoms with Gasteiger partial charge in [0.05, 0.1) is 7.11 Å². The van der Waals surface area contributed by atoms with Crippen molar-refractivity contribution in [3.8, 4) is 11.5 Å². The minimum absolute atomic E-state index is 0.353. The van der Waals surface area contributed by atoms with E-state index < -0.39 is 0 Å². The predicted molar refractivity (Wildman–Crippen MR) is 57.5 cm³/mol. The number of rotatable bonds is 7. The van der Waals surface area contributed by atoms with Crippen molar-refractivity contribution in [1.82, 2.24) is 5.32 Å². The van der Waals surface area contributed by atoms with E-state index in [-0.39, 0.29) is 0 Å². The fraction of sp³-hybridized carbons (Fsp3) is 0.273. The highest BCUT2D eigenvalue weighted by Gasteiger charge is 2.05. The largest absolute Gasteiger partial charge is 0.493 e. The molecule has 1 N–H and O–H groups in total. The molecule has 5 heteroatoms. The Balaban J connectivity index is 2.73. The fourth-order valence-electron chi connectivity index (χ4n) is 1.29. The summed E-state index contributed by atoms with van der Waals surface area (Å²) in [6.45, 7) is 0.909. The minimum Gasteiger partial charge on any atom is -0.493 e. The lowest BCUT2D eigenvalue weighted by Crippen LogP contribution is -2.14. The summed E-state index contributed by atoms with van der Waals surface area (Å²) in [5.41, 5.74) is 0.990. The number of hydrogen-bond acceptors (Lipinski definition) is 4. The molecule has 1 aromatic rings. The molecule has 16 heavy (non-hydrogen) atoms. The molecule has 0 aromatic heterocycles. The second-order valence-corrected chi connectivity index (χ2v) is 3.02. The summed E-state index contributed by atoms with van der Waals surface area (Å²) in [6, 6.07) is 5.24. The maximum atomic E-state index is 10.2. The van der Waals surface area contributed by atoms with E-state index in [9.17, 15) is 9.59 Å². The quantitative estimate of drug-likeness (QED) is 0.540. The van der Waals surface area contributed by atoms with Crippen LogP contribution in [0.3, 0.4) is 0 Å². The van der Waals surface area contributed by atoms with Gasteiger partial charge in [-0.15, -0.1) is 0 Å². The van der Waals surface area contributed by atoms with Crippen molar-refractivity contribution in [1.29, 1.82) is 0 Å². The van der Waals surface area contributed by atoms with Crippen LogP contribution in [0.25, 0.3) is 0 Å². The van der Waals surface area contributed by atoms with Gasteiger partial charge in [0.1, 0.15) is 0 Å². The molecule has 0 saturated heterocycles. The molecule has 0 radical (unpaired) electrons. The summed E-state index contributed by atoms with van der Waals surface area (Å²) >= 11 is 0. The van der Waals surface area contributed by atoms with E-state index in [2.05, 4.69) is 5.32 Å². The maximum Gasteiger partial charge on any atom is 0.298 e. The molecule has 0 heterocycles. The predicted octanol–water partition coefficient (Wildman–Crippen LogP) is 0.519. The summed E-state index contributed by atoms with van der Waals surface area (Å²) in [5.74, 6) is 0.875. The lowest BCUT2D eigenvalue weighted by Gasteiger charge is -2.08. The van der Waals surface area contributed by atoms with Crippen molar-refractivity contribution in [2.45, 2.75) is 6.42 Å². The number of carbonyl (C=O) groups is 2. The molecule has 0 spiro atoms. The SMILES string of the molecule is COc1cc(CCNC=O)ccc1OC=O. The van der Waals surface area contributed by atoms with Crippen LogP contribution in [-0.4, -0.2) is 26.5 Å². The van der Waals surface area contributed by atoms with Crippen LogP contribution >= 0.6 is 0 Å². The highest BCUT2D eigenvalue weighted by Crippen LogP contribution is 2.27.